The summed E-state index contributed by atoms with van der Waals surface area (Å²) < 4.78 is 1.71. The number of allylic oxidation sites excluding steroid dienone is 2. The van der Waals surface area contributed by atoms with E-state index in [4.69, 9.17) is 10.7 Å². The van der Waals surface area contributed by atoms with Crippen LogP contribution in [-0.2, 0) is 6.42 Å². The molecule has 1 amide bonds. The van der Waals surface area contributed by atoms with E-state index in [9.17, 15) is 4.79 Å². The summed E-state index contributed by atoms with van der Waals surface area (Å²) in [5.41, 5.74) is 13.4. The van der Waals surface area contributed by atoms with Crippen molar-refractivity contribution in [1.82, 2.24) is 40.0 Å². The van der Waals surface area contributed by atoms with Gasteiger partial charge in [-0.05, 0) is 56.5 Å². The highest BCUT2D eigenvalue weighted by Gasteiger charge is 2.45. The number of rotatable bonds is 7. The van der Waals surface area contributed by atoms with Crippen LogP contribution in [0.25, 0.3) is 22.3 Å². The number of nitrogens with one attached hydrogen (secondary N) is 2. The summed E-state index contributed by atoms with van der Waals surface area (Å²) in [4.78, 5) is 25.1. The third-order valence-corrected chi connectivity index (χ3v) is 7.97. The lowest BCUT2D eigenvalue weighted by molar-refractivity contribution is 0.0563. The highest BCUT2D eigenvalue weighted by molar-refractivity contribution is 5.93. The highest BCUT2D eigenvalue weighted by Crippen LogP contribution is 2.45. The van der Waals surface area contributed by atoms with Crippen LogP contribution < -0.4 is 11.1 Å². The van der Waals surface area contributed by atoms with Crippen LogP contribution in [0.4, 0.5) is 5.82 Å². The van der Waals surface area contributed by atoms with Crippen molar-refractivity contribution >= 4 is 22.9 Å². The van der Waals surface area contributed by atoms with E-state index in [0.717, 1.165) is 65.8 Å². The number of amides is 1. The lowest BCUT2D eigenvalue weighted by Gasteiger charge is -2.39. The van der Waals surface area contributed by atoms with Crippen LogP contribution in [0.3, 0.4) is 0 Å². The molecule has 2 bridgehead atoms. The second-order valence-corrected chi connectivity index (χ2v) is 10.5. The van der Waals surface area contributed by atoms with Crippen LogP contribution in [0.5, 0.6) is 0 Å². The molecule has 2 aliphatic rings. The average Bonchev–Trinajstić information content (AvgIpc) is 3.67. The van der Waals surface area contributed by atoms with Gasteiger partial charge < -0.3 is 16.0 Å². The van der Waals surface area contributed by atoms with Crippen molar-refractivity contribution in [2.45, 2.75) is 57.0 Å². The van der Waals surface area contributed by atoms with E-state index in [0.29, 0.717) is 17.2 Å². The summed E-state index contributed by atoms with van der Waals surface area (Å²) in [6.07, 6.45) is 13.6. The number of carbonyl (C=O) groups excluding carboxylic acids is 1. The van der Waals surface area contributed by atoms with Gasteiger partial charge in [0, 0.05) is 66.2 Å². The molecule has 0 radical (unpaired) electrons. The lowest BCUT2D eigenvalue weighted by Crippen LogP contribution is -2.46. The Hall–Kier alpha value is -4.47. The van der Waals surface area contributed by atoms with Crippen molar-refractivity contribution < 1.29 is 4.79 Å². The van der Waals surface area contributed by atoms with Gasteiger partial charge in [0.05, 0.1) is 11.9 Å². The smallest absolute Gasteiger partial charge is 0.272 e. The number of piperidine rings is 1. The number of H-pyrrole nitrogens is 1. The normalized spacial score (nSPS) is 20.7. The predicted octanol–water partition coefficient (Wildman–Crippen LogP) is 3.96. The van der Waals surface area contributed by atoms with Crippen LogP contribution >= 0.6 is 0 Å². The maximum atomic E-state index is 13.2. The second-order valence-electron chi connectivity index (χ2n) is 10.5. The predicted molar refractivity (Wildman–Crippen MR) is 151 cm³/mol. The van der Waals surface area contributed by atoms with Crippen LogP contribution in [0.15, 0.2) is 55.6 Å². The SMILES string of the molecule is C=C(C)c1c(C2CC3CCC(C2)N3C(=O)c2ccn[nH]2)nc2c(-c3ccc(C/C=C\NC)nc3)cnn2c1N. The number of nitrogen functional groups attached to an aromatic ring is 1. The molecule has 2 unspecified atom stereocenters. The summed E-state index contributed by atoms with van der Waals surface area (Å²) in [5.74, 6) is 0.727. The van der Waals surface area contributed by atoms with Gasteiger partial charge in [0.25, 0.3) is 5.91 Å². The Morgan fingerprint density at radius 1 is 1.23 bits per heavy atom. The maximum Gasteiger partial charge on any atom is 0.272 e. The molecule has 2 fully saturated rings. The number of pyridine rings is 1. The summed E-state index contributed by atoms with van der Waals surface area (Å²) in [7, 11) is 1.87. The molecule has 200 valence electrons. The van der Waals surface area contributed by atoms with Crippen molar-refractivity contribution in [3.05, 3.63) is 78.3 Å². The fourth-order valence-electron chi connectivity index (χ4n) is 6.22. The van der Waals surface area contributed by atoms with Crippen molar-refractivity contribution in [2.75, 3.05) is 12.8 Å². The zero-order chi connectivity index (χ0) is 27.1. The highest BCUT2D eigenvalue weighted by atomic mass is 16.2. The molecule has 4 N–H and O–H groups in total. The van der Waals surface area contributed by atoms with Gasteiger partial charge in [-0.25, -0.2) is 4.98 Å². The molecule has 0 aromatic carbocycles. The Kier molecular flexibility index (Phi) is 6.38. The first kappa shape index (κ1) is 24.8. The summed E-state index contributed by atoms with van der Waals surface area (Å²) in [6, 6.07) is 6.12. The van der Waals surface area contributed by atoms with Crippen LogP contribution in [0, 0.1) is 0 Å². The van der Waals surface area contributed by atoms with E-state index in [2.05, 4.69) is 43.1 Å². The minimum Gasteiger partial charge on any atom is -0.394 e. The molecule has 10 heteroatoms. The van der Waals surface area contributed by atoms with Crippen molar-refractivity contribution in [3.8, 4) is 11.1 Å². The molecule has 10 nitrogen and oxygen atoms in total. The Balaban J connectivity index is 1.35. The first-order valence-electron chi connectivity index (χ1n) is 13.4. The first-order valence-corrected chi connectivity index (χ1v) is 13.4. The Labute approximate surface area is 227 Å². The minimum absolute atomic E-state index is 0.0250. The van der Waals surface area contributed by atoms with E-state index in [1.165, 1.54) is 0 Å². The van der Waals surface area contributed by atoms with Gasteiger partial charge in [-0.1, -0.05) is 18.7 Å². The summed E-state index contributed by atoms with van der Waals surface area (Å²) in [6.45, 7) is 6.19. The number of fused-ring (bicyclic) bond motifs is 3. The molecule has 0 spiro atoms. The van der Waals surface area contributed by atoms with E-state index in [-0.39, 0.29) is 23.9 Å². The molecular weight excluding hydrogens is 490 g/mol. The number of aromatic amines is 1. The Morgan fingerprint density at radius 2 is 2.03 bits per heavy atom. The molecule has 2 aliphatic heterocycles. The van der Waals surface area contributed by atoms with Crippen molar-refractivity contribution in [2.24, 2.45) is 0 Å². The second kappa shape index (κ2) is 10.0. The van der Waals surface area contributed by atoms with Crippen LogP contribution in [0.2, 0.25) is 0 Å². The van der Waals surface area contributed by atoms with Gasteiger partial charge in [0.15, 0.2) is 5.65 Å². The number of hydrogen-bond donors (Lipinski definition) is 3. The minimum atomic E-state index is 0.0250. The quantitative estimate of drug-likeness (QED) is 0.334. The van der Waals surface area contributed by atoms with Gasteiger partial charge in [-0.3, -0.25) is 14.9 Å². The summed E-state index contributed by atoms with van der Waals surface area (Å²) >= 11 is 0. The standard InChI is InChI=1S/C29H33N9O/c1-17(2)25-26(19-13-21-8-9-22(14-19)37(21)29(39)24-10-12-33-36-24)35-28-23(16-34-38(28)27(25)30)18-6-7-20(32-15-18)5-4-11-31-3/h4,6-7,10-12,15-16,19,21-22,31H,1,5,8-9,13-14,30H2,2-3H3,(H,33,36)/b11-4-. The molecule has 6 rings (SSSR count). The zero-order valence-corrected chi connectivity index (χ0v) is 22.3. The number of hydrogen-bond acceptors (Lipinski definition) is 7. The summed E-state index contributed by atoms with van der Waals surface area (Å²) in [5, 5.41) is 14.4. The zero-order valence-electron chi connectivity index (χ0n) is 22.3. The number of nitrogens with two attached hydrogens (primary N) is 1. The number of anilines is 1. The average molecular weight is 524 g/mol. The van der Waals surface area contributed by atoms with Gasteiger partial charge in [-0.2, -0.15) is 14.7 Å². The number of aromatic nitrogens is 6. The maximum absolute atomic E-state index is 13.2. The molecule has 0 saturated carbocycles. The molecule has 2 saturated heterocycles. The lowest BCUT2D eigenvalue weighted by atomic mass is 9.84. The van der Waals surface area contributed by atoms with Gasteiger partial charge in [-0.15, -0.1) is 0 Å². The Morgan fingerprint density at radius 3 is 2.67 bits per heavy atom. The van der Waals surface area contributed by atoms with E-state index in [1.54, 1.807) is 23.0 Å². The molecule has 4 aromatic rings. The van der Waals surface area contributed by atoms with Crippen molar-refractivity contribution in [3.63, 3.8) is 0 Å². The monoisotopic (exact) mass is 523 g/mol. The van der Waals surface area contributed by atoms with Gasteiger partial charge in [0.1, 0.15) is 11.5 Å². The van der Waals surface area contributed by atoms with Crippen LogP contribution in [0.1, 0.15) is 66.0 Å². The molecule has 0 aliphatic carbocycles. The van der Waals surface area contributed by atoms with E-state index < -0.39 is 0 Å². The fraction of sp³-hybridized carbons (Fsp3) is 0.345. The molecule has 39 heavy (non-hydrogen) atoms. The van der Waals surface area contributed by atoms with Gasteiger partial charge >= 0.3 is 0 Å². The van der Waals surface area contributed by atoms with E-state index >= 15 is 0 Å². The fourth-order valence-corrected chi connectivity index (χ4v) is 6.22. The largest absolute Gasteiger partial charge is 0.394 e. The third-order valence-electron chi connectivity index (χ3n) is 7.97. The van der Waals surface area contributed by atoms with Crippen LogP contribution in [-0.4, -0.2) is 59.7 Å². The topological polar surface area (TPSA) is 130 Å². The number of carbonyl (C=O) groups is 1. The van der Waals surface area contributed by atoms with Crippen molar-refractivity contribution in [1.29, 1.82) is 0 Å². The molecular formula is C29H33N9O. The molecule has 4 aromatic heterocycles. The Bertz CT molecular complexity index is 1540. The first-order chi connectivity index (χ1) is 19.0. The number of nitrogens with zero attached hydrogens (tertiary/aromatic N) is 6. The molecule has 6 heterocycles. The molecule has 2 atom stereocenters. The van der Waals surface area contributed by atoms with Gasteiger partial charge in [0.2, 0.25) is 0 Å². The third kappa shape index (κ3) is 4.35. The van der Waals surface area contributed by atoms with E-state index in [1.807, 2.05) is 38.5 Å².